The van der Waals surface area contributed by atoms with Crippen molar-refractivity contribution in [2.45, 2.75) is 44.4 Å². The molecule has 0 rings (SSSR count). The molecule has 0 fully saturated rings. The summed E-state index contributed by atoms with van der Waals surface area (Å²) >= 11 is 0. The molecule has 0 saturated heterocycles. The zero-order valence-electron chi connectivity index (χ0n) is 7.70. The van der Waals surface area contributed by atoms with Gasteiger partial charge in [0.2, 0.25) is 0 Å². The summed E-state index contributed by atoms with van der Waals surface area (Å²) in [5.41, 5.74) is 4.34. The van der Waals surface area contributed by atoms with Crippen LogP contribution in [-0.2, 0) is 0 Å². The van der Waals surface area contributed by atoms with Crippen molar-refractivity contribution in [1.82, 2.24) is 0 Å². The van der Waals surface area contributed by atoms with Crippen LogP contribution in [0.25, 0.3) is 0 Å². The first-order valence-corrected chi connectivity index (χ1v) is 4.24. The van der Waals surface area contributed by atoms with Gasteiger partial charge in [0.25, 0.3) is 0 Å². The Morgan fingerprint density at radius 1 is 1.42 bits per heavy atom. The van der Waals surface area contributed by atoms with Gasteiger partial charge in [-0.05, 0) is 13.3 Å². The molecule has 0 amide bonds. The van der Waals surface area contributed by atoms with Gasteiger partial charge in [-0.15, -0.1) is 0 Å². The van der Waals surface area contributed by atoms with Crippen LogP contribution in [0.5, 0.6) is 0 Å². The maximum absolute atomic E-state index is 9.49. The standard InChI is InChI=1S/C8H19NO3/c1-3-4-7(12)8(9,5-10)6(2)11/h6-7,10-12H,3-5,9H2,1-2H3. The van der Waals surface area contributed by atoms with Crippen molar-refractivity contribution in [2.24, 2.45) is 5.73 Å². The van der Waals surface area contributed by atoms with Crippen molar-refractivity contribution < 1.29 is 15.3 Å². The van der Waals surface area contributed by atoms with Crippen molar-refractivity contribution >= 4 is 0 Å². The number of rotatable bonds is 5. The van der Waals surface area contributed by atoms with E-state index >= 15 is 0 Å². The van der Waals surface area contributed by atoms with Crippen molar-refractivity contribution in [3.8, 4) is 0 Å². The molecule has 4 heteroatoms. The van der Waals surface area contributed by atoms with Crippen LogP contribution in [0.2, 0.25) is 0 Å². The number of aliphatic hydroxyl groups is 3. The molecule has 4 nitrogen and oxygen atoms in total. The highest BCUT2D eigenvalue weighted by molar-refractivity contribution is 4.95. The Morgan fingerprint density at radius 2 is 1.92 bits per heavy atom. The molecular weight excluding hydrogens is 158 g/mol. The Morgan fingerprint density at radius 3 is 2.17 bits per heavy atom. The van der Waals surface area contributed by atoms with Gasteiger partial charge in [0.1, 0.15) is 0 Å². The van der Waals surface area contributed by atoms with E-state index in [4.69, 9.17) is 10.8 Å². The third-order valence-electron chi connectivity index (χ3n) is 2.23. The fourth-order valence-corrected chi connectivity index (χ4v) is 1.06. The van der Waals surface area contributed by atoms with Crippen molar-refractivity contribution in [3.05, 3.63) is 0 Å². The number of aliphatic hydroxyl groups excluding tert-OH is 3. The average Bonchev–Trinajstić information content (AvgIpc) is 2.03. The SMILES string of the molecule is CCCC(O)C(N)(CO)C(C)O. The fourth-order valence-electron chi connectivity index (χ4n) is 1.06. The molecule has 3 atom stereocenters. The van der Waals surface area contributed by atoms with Gasteiger partial charge in [-0.25, -0.2) is 0 Å². The summed E-state index contributed by atoms with van der Waals surface area (Å²) in [5, 5.41) is 27.6. The van der Waals surface area contributed by atoms with Gasteiger partial charge in [0, 0.05) is 0 Å². The molecule has 0 radical (unpaired) electrons. The van der Waals surface area contributed by atoms with E-state index in [2.05, 4.69) is 0 Å². The van der Waals surface area contributed by atoms with E-state index in [1.54, 1.807) is 0 Å². The van der Waals surface area contributed by atoms with Crippen molar-refractivity contribution in [3.63, 3.8) is 0 Å². The van der Waals surface area contributed by atoms with E-state index < -0.39 is 24.4 Å². The summed E-state index contributed by atoms with van der Waals surface area (Å²) in [7, 11) is 0. The molecule has 5 N–H and O–H groups in total. The first-order valence-electron chi connectivity index (χ1n) is 4.24. The summed E-state index contributed by atoms with van der Waals surface area (Å²) in [5.74, 6) is 0. The molecule has 0 aromatic carbocycles. The van der Waals surface area contributed by atoms with Crippen molar-refractivity contribution in [2.75, 3.05) is 6.61 Å². The molecule has 0 aliphatic rings. The summed E-state index contributed by atoms with van der Waals surface area (Å²) in [4.78, 5) is 0. The van der Waals surface area contributed by atoms with Crippen LogP contribution in [0.15, 0.2) is 0 Å². The lowest BCUT2D eigenvalue weighted by Crippen LogP contribution is -2.61. The number of nitrogens with two attached hydrogens (primary N) is 1. The minimum absolute atomic E-state index is 0.411. The summed E-state index contributed by atoms with van der Waals surface area (Å²) in [6.07, 6.45) is -0.508. The molecular formula is C8H19NO3. The van der Waals surface area contributed by atoms with Crippen LogP contribution in [-0.4, -0.2) is 39.7 Å². The number of hydrogen-bond acceptors (Lipinski definition) is 4. The molecule has 3 unspecified atom stereocenters. The van der Waals surface area contributed by atoms with Crippen LogP contribution >= 0.6 is 0 Å². The smallest absolute Gasteiger partial charge is 0.0911 e. The van der Waals surface area contributed by atoms with E-state index in [9.17, 15) is 10.2 Å². The normalized spacial score (nSPS) is 21.5. The Balaban J connectivity index is 4.29. The Bertz CT molecular complexity index is 129. The Hall–Kier alpha value is -0.160. The largest absolute Gasteiger partial charge is 0.394 e. The first-order chi connectivity index (χ1) is 5.49. The average molecular weight is 177 g/mol. The van der Waals surface area contributed by atoms with Crippen LogP contribution in [0.1, 0.15) is 26.7 Å². The summed E-state index contributed by atoms with van der Waals surface area (Å²) < 4.78 is 0. The number of hydrogen-bond donors (Lipinski definition) is 4. The summed E-state index contributed by atoms with van der Waals surface area (Å²) in [6, 6.07) is 0. The van der Waals surface area contributed by atoms with Gasteiger partial charge in [-0.3, -0.25) is 0 Å². The third-order valence-corrected chi connectivity index (χ3v) is 2.23. The van der Waals surface area contributed by atoms with Crippen LogP contribution in [0.3, 0.4) is 0 Å². The highest BCUT2D eigenvalue weighted by Gasteiger charge is 2.37. The first kappa shape index (κ1) is 11.8. The molecule has 0 bridgehead atoms. The van der Waals surface area contributed by atoms with Gasteiger partial charge in [0.05, 0.1) is 24.4 Å². The van der Waals surface area contributed by atoms with Gasteiger partial charge in [0.15, 0.2) is 0 Å². The molecule has 0 spiro atoms. The maximum atomic E-state index is 9.49. The Kier molecular flexibility index (Phi) is 4.70. The lowest BCUT2D eigenvalue weighted by Gasteiger charge is -2.35. The predicted molar refractivity (Wildman–Crippen MR) is 46.6 cm³/mol. The highest BCUT2D eigenvalue weighted by atomic mass is 16.3. The quantitative estimate of drug-likeness (QED) is 0.443. The second kappa shape index (κ2) is 4.77. The molecule has 0 heterocycles. The molecule has 0 aromatic heterocycles. The van der Waals surface area contributed by atoms with Gasteiger partial charge in [-0.2, -0.15) is 0 Å². The Labute approximate surface area is 73.0 Å². The topological polar surface area (TPSA) is 86.7 Å². The minimum atomic E-state index is -1.28. The lowest BCUT2D eigenvalue weighted by molar-refractivity contribution is -0.0349. The van der Waals surface area contributed by atoms with E-state index in [-0.39, 0.29) is 0 Å². The fraction of sp³-hybridized carbons (Fsp3) is 1.00. The molecule has 0 aliphatic heterocycles. The zero-order valence-corrected chi connectivity index (χ0v) is 7.70. The molecule has 0 aliphatic carbocycles. The minimum Gasteiger partial charge on any atom is -0.394 e. The molecule has 74 valence electrons. The van der Waals surface area contributed by atoms with Gasteiger partial charge >= 0.3 is 0 Å². The van der Waals surface area contributed by atoms with Crippen LogP contribution < -0.4 is 5.73 Å². The second-order valence-corrected chi connectivity index (χ2v) is 3.25. The maximum Gasteiger partial charge on any atom is 0.0911 e. The van der Waals surface area contributed by atoms with E-state index in [1.807, 2.05) is 6.92 Å². The van der Waals surface area contributed by atoms with Crippen LogP contribution in [0.4, 0.5) is 0 Å². The van der Waals surface area contributed by atoms with Crippen LogP contribution in [0, 0.1) is 0 Å². The molecule has 12 heavy (non-hydrogen) atoms. The third kappa shape index (κ3) is 2.42. The molecule has 0 aromatic rings. The molecule has 0 saturated carbocycles. The summed E-state index contributed by atoms with van der Waals surface area (Å²) in [6.45, 7) is 2.96. The van der Waals surface area contributed by atoms with Gasteiger partial charge < -0.3 is 21.1 Å². The highest BCUT2D eigenvalue weighted by Crippen LogP contribution is 2.16. The van der Waals surface area contributed by atoms with E-state index in [0.29, 0.717) is 6.42 Å². The lowest BCUT2D eigenvalue weighted by atomic mass is 9.86. The zero-order chi connectivity index (χ0) is 9.78. The van der Waals surface area contributed by atoms with Gasteiger partial charge in [-0.1, -0.05) is 13.3 Å². The monoisotopic (exact) mass is 177 g/mol. The predicted octanol–water partition coefficient (Wildman–Crippen LogP) is -0.782. The second-order valence-electron chi connectivity index (χ2n) is 3.25. The van der Waals surface area contributed by atoms with E-state index in [1.165, 1.54) is 6.92 Å². The van der Waals surface area contributed by atoms with Crippen molar-refractivity contribution in [1.29, 1.82) is 0 Å². The van der Waals surface area contributed by atoms with E-state index in [0.717, 1.165) is 6.42 Å².